The summed E-state index contributed by atoms with van der Waals surface area (Å²) in [5.41, 5.74) is 0.730. The van der Waals surface area contributed by atoms with E-state index in [9.17, 15) is 13.2 Å². The van der Waals surface area contributed by atoms with E-state index in [0.717, 1.165) is 5.69 Å². The fourth-order valence-corrected chi connectivity index (χ4v) is 5.09. The second-order valence-corrected chi connectivity index (χ2v) is 9.30. The average molecular weight is 474 g/mol. The minimum absolute atomic E-state index is 0.115. The fraction of sp³-hybridized carbons (Fsp3) is 0.333. The smallest absolute Gasteiger partial charge is 0.314 e. The molecule has 0 aliphatic carbocycles. The highest BCUT2D eigenvalue weighted by Crippen LogP contribution is 2.32. The summed E-state index contributed by atoms with van der Waals surface area (Å²) in [5.74, 6) is 0.415. The summed E-state index contributed by atoms with van der Waals surface area (Å²) in [4.78, 5) is 12.7. The largest absolute Gasteiger partial charge is 0.493 e. The van der Waals surface area contributed by atoms with Crippen LogP contribution in [0.1, 0.15) is 12.8 Å². The van der Waals surface area contributed by atoms with Gasteiger partial charge in [-0.1, -0.05) is 0 Å². The van der Waals surface area contributed by atoms with Crippen LogP contribution in [0.4, 0.5) is 0 Å². The van der Waals surface area contributed by atoms with Crippen molar-refractivity contribution < 1.29 is 27.4 Å². The van der Waals surface area contributed by atoms with Crippen LogP contribution in [0.3, 0.4) is 0 Å². The maximum absolute atomic E-state index is 13.0. The Kier molecular flexibility index (Phi) is 6.56. The first kappa shape index (κ1) is 22.7. The van der Waals surface area contributed by atoms with Crippen LogP contribution >= 0.6 is 0 Å². The third-order valence-corrected chi connectivity index (χ3v) is 7.34. The van der Waals surface area contributed by atoms with Crippen molar-refractivity contribution in [3.05, 3.63) is 48.8 Å². The van der Waals surface area contributed by atoms with Crippen molar-refractivity contribution in [1.29, 1.82) is 0 Å². The first-order valence-corrected chi connectivity index (χ1v) is 11.6. The van der Waals surface area contributed by atoms with Crippen LogP contribution in [-0.4, -0.2) is 66.2 Å². The van der Waals surface area contributed by atoms with Crippen molar-refractivity contribution in [2.24, 2.45) is 5.92 Å². The van der Waals surface area contributed by atoms with Crippen molar-refractivity contribution in [2.75, 3.05) is 27.3 Å². The number of sulfonamides is 1. The maximum atomic E-state index is 13.0. The molecular weight excluding hydrogens is 450 g/mol. The lowest BCUT2D eigenvalue weighted by Gasteiger charge is -2.30. The van der Waals surface area contributed by atoms with Gasteiger partial charge in [-0.15, -0.1) is 5.10 Å². The average Bonchev–Trinajstić information content (AvgIpc) is 3.39. The highest BCUT2D eigenvalue weighted by molar-refractivity contribution is 7.89. The number of aromatic nitrogens is 4. The van der Waals surface area contributed by atoms with E-state index in [4.69, 9.17) is 14.2 Å². The first-order valence-electron chi connectivity index (χ1n) is 10.2. The van der Waals surface area contributed by atoms with Crippen molar-refractivity contribution in [3.8, 4) is 22.9 Å². The zero-order chi connectivity index (χ0) is 23.4. The van der Waals surface area contributed by atoms with E-state index in [1.807, 2.05) is 0 Å². The Balaban J connectivity index is 1.36. The minimum atomic E-state index is -3.73. The molecule has 0 amide bonds. The molecular formula is C21H23N5O6S. The Hall–Kier alpha value is -3.51. The van der Waals surface area contributed by atoms with Crippen LogP contribution in [0.15, 0.2) is 53.7 Å². The van der Waals surface area contributed by atoms with Gasteiger partial charge in [-0.05, 0) is 59.7 Å². The number of ether oxygens (including phenoxy) is 3. The highest BCUT2D eigenvalue weighted by atomic mass is 32.2. The van der Waals surface area contributed by atoms with Crippen molar-refractivity contribution in [1.82, 2.24) is 24.5 Å². The Morgan fingerprint density at radius 2 is 1.70 bits per heavy atom. The molecule has 0 bridgehead atoms. The number of carbonyl (C=O) groups excluding carboxylic acids is 1. The molecule has 0 spiro atoms. The lowest BCUT2D eigenvalue weighted by molar-refractivity contribution is -0.140. The van der Waals surface area contributed by atoms with Gasteiger partial charge in [0.05, 0.1) is 30.7 Å². The van der Waals surface area contributed by atoms with Crippen LogP contribution in [0.25, 0.3) is 5.69 Å². The van der Waals surface area contributed by atoms with Gasteiger partial charge in [-0.3, -0.25) is 4.79 Å². The fourth-order valence-electron chi connectivity index (χ4n) is 3.60. The van der Waals surface area contributed by atoms with Gasteiger partial charge in [0.25, 0.3) is 0 Å². The molecule has 0 radical (unpaired) electrons. The number of hydrogen-bond acceptors (Lipinski definition) is 9. The van der Waals surface area contributed by atoms with Crippen LogP contribution < -0.4 is 14.2 Å². The standard InChI is InChI=1S/C21H23N5O6S/c1-30-19-8-7-18(13-20(19)31-2)33(28,29)25-11-9-15(10-12-25)21(27)32-17-5-3-16(4-6-17)26-14-22-23-24-26/h3-8,13-15H,9-12H2,1-2H3. The summed E-state index contributed by atoms with van der Waals surface area (Å²) in [7, 11) is -0.793. The molecule has 2 heterocycles. The normalized spacial score (nSPS) is 15.2. The van der Waals surface area contributed by atoms with Crippen LogP contribution in [0.2, 0.25) is 0 Å². The Labute approximate surface area is 190 Å². The van der Waals surface area contributed by atoms with E-state index < -0.39 is 10.0 Å². The van der Waals surface area contributed by atoms with Gasteiger partial charge >= 0.3 is 5.97 Å². The van der Waals surface area contributed by atoms with E-state index >= 15 is 0 Å². The number of tetrazole rings is 1. The number of carbonyl (C=O) groups is 1. The van der Waals surface area contributed by atoms with Gasteiger partial charge in [-0.25, -0.2) is 13.1 Å². The van der Waals surface area contributed by atoms with Gasteiger partial charge in [-0.2, -0.15) is 4.31 Å². The third kappa shape index (κ3) is 4.81. The molecule has 2 aromatic carbocycles. The predicted molar refractivity (Wildman–Crippen MR) is 116 cm³/mol. The number of methoxy groups -OCH3 is 2. The Bertz CT molecular complexity index is 1210. The van der Waals surface area contributed by atoms with Crippen LogP contribution in [-0.2, 0) is 14.8 Å². The number of benzene rings is 2. The van der Waals surface area contributed by atoms with Crippen LogP contribution in [0.5, 0.6) is 17.2 Å². The molecule has 11 nitrogen and oxygen atoms in total. The molecule has 1 saturated heterocycles. The van der Waals surface area contributed by atoms with Gasteiger partial charge in [0.1, 0.15) is 12.1 Å². The lowest BCUT2D eigenvalue weighted by atomic mass is 9.98. The molecule has 0 unspecified atom stereocenters. The first-order chi connectivity index (χ1) is 15.9. The molecule has 1 aliphatic rings. The van der Waals surface area contributed by atoms with Gasteiger partial charge in [0, 0.05) is 19.2 Å². The maximum Gasteiger partial charge on any atom is 0.314 e. The summed E-state index contributed by atoms with van der Waals surface area (Å²) in [5, 5.41) is 11.0. The van der Waals surface area contributed by atoms with Crippen molar-refractivity contribution in [3.63, 3.8) is 0 Å². The van der Waals surface area contributed by atoms with Gasteiger partial charge in [0.15, 0.2) is 11.5 Å². The predicted octanol–water partition coefficient (Wildman–Crippen LogP) is 1.69. The number of hydrogen-bond donors (Lipinski definition) is 0. The molecule has 1 aliphatic heterocycles. The SMILES string of the molecule is COc1ccc(S(=O)(=O)N2CCC(C(=O)Oc3ccc(-n4cnnn4)cc3)CC2)cc1OC. The van der Waals surface area contributed by atoms with Crippen molar-refractivity contribution in [2.45, 2.75) is 17.7 Å². The minimum Gasteiger partial charge on any atom is -0.493 e. The zero-order valence-corrected chi connectivity index (χ0v) is 18.9. The zero-order valence-electron chi connectivity index (χ0n) is 18.1. The van der Waals surface area contributed by atoms with E-state index in [2.05, 4.69) is 15.5 Å². The topological polar surface area (TPSA) is 126 Å². The van der Waals surface area contributed by atoms with E-state index in [1.165, 1.54) is 41.7 Å². The lowest BCUT2D eigenvalue weighted by Crippen LogP contribution is -2.41. The molecule has 12 heteroatoms. The second kappa shape index (κ2) is 9.55. The third-order valence-electron chi connectivity index (χ3n) is 5.45. The monoisotopic (exact) mass is 473 g/mol. The summed E-state index contributed by atoms with van der Waals surface area (Å²) < 4.78 is 44.8. The molecule has 174 valence electrons. The molecule has 1 fully saturated rings. The molecule has 0 N–H and O–H groups in total. The van der Waals surface area contributed by atoms with Gasteiger partial charge in [0.2, 0.25) is 10.0 Å². The summed E-state index contributed by atoms with van der Waals surface area (Å²) in [6.45, 7) is 0.434. The molecule has 0 saturated carbocycles. The summed E-state index contributed by atoms with van der Waals surface area (Å²) in [6, 6.07) is 11.3. The summed E-state index contributed by atoms with van der Waals surface area (Å²) >= 11 is 0. The number of rotatable bonds is 7. The Morgan fingerprint density at radius 3 is 2.30 bits per heavy atom. The van der Waals surface area contributed by atoms with E-state index in [1.54, 1.807) is 30.3 Å². The van der Waals surface area contributed by atoms with E-state index in [0.29, 0.717) is 30.1 Å². The number of piperidine rings is 1. The molecule has 0 atom stereocenters. The number of esters is 1. The molecule has 33 heavy (non-hydrogen) atoms. The molecule has 3 aromatic rings. The quantitative estimate of drug-likeness (QED) is 0.372. The molecule has 4 rings (SSSR count). The van der Waals surface area contributed by atoms with E-state index in [-0.39, 0.29) is 29.9 Å². The second-order valence-electron chi connectivity index (χ2n) is 7.36. The number of nitrogens with zero attached hydrogens (tertiary/aromatic N) is 5. The Morgan fingerprint density at radius 1 is 1.00 bits per heavy atom. The van der Waals surface area contributed by atoms with Gasteiger partial charge < -0.3 is 14.2 Å². The highest BCUT2D eigenvalue weighted by Gasteiger charge is 2.33. The molecule has 1 aromatic heterocycles. The van der Waals surface area contributed by atoms with Crippen molar-refractivity contribution >= 4 is 16.0 Å². The van der Waals surface area contributed by atoms with Crippen LogP contribution in [0, 0.1) is 5.92 Å². The summed E-state index contributed by atoms with van der Waals surface area (Å²) in [6.07, 6.45) is 2.20.